The fraction of sp³-hybridized carbons (Fsp3) is 0.417. The second kappa shape index (κ2) is 4.93. The van der Waals surface area contributed by atoms with Crippen molar-refractivity contribution >= 4 is 39.4 Å². The molecule has 1 aliphatic heterocycles. The number of hydrogen-bond acceptors (Lipinski definition) is 5. The summed E-state index contributed by atoms with van der Waals surface area (Å²) in [6.07, 6.45) is 1.78. The number of anilines is 1. The van der Waals surface area contributed by atoms with E-state index in [-0.39, 0.29) is 0 Å². The molecule has 1 atom stereocenters. The van der Waals surface area contributed by atoms with Gasteiger partial charge in [0.05, 0.1) is 24.8 Å². The van der Waals surface area contributed by atoms with E-state index in [2.05, 4.69) is 49.4 Å². The van der Waals surface area contributed by atoms with Crippen molar-refractivity contribution in [3.05, 3.63) is 22.2 Å². The maximum absolute atomic E-state index is 5.47. The lowest BCUT2D eigenvalue weighted by Crippen LogP contribution is -2.44. The lowest BCUT2D eigenvalue weighted by molar-refractivity contribution is 0.0986. The molecule has 0 aliphatic carbocycles. The van der Waals surface area contributed by atoms with Gasteiger partial charge >= 0.3 is 0 Å². The van der Waals surface area contributed by atoms with Gasteiger partial charge in [-0.15, -0.1) is 0 Å². The smallest absolute Gasteiger partial charge is 0.193 e. The first-order chi connectivity index (χ1) is 8.75. The molecule has 18 heavy (non-hydrogen) atoms. The summed E-state index contributed by atoms with van der Waals surface area (Å²) in [5, 5.41) is 0. The Labute approximate surface area is 119 Å². The lowest BCUT2D eigenvalue weighted by Gasteiger charge is -2.34. The topological polar surface area (TPSA) is 51.1 Å². The van der Waals surface area contributed by atoms with Crippen LogP contribution < -0.4 is 4.90 Å². The molecule has 1 aliphatic rings. The summed E-state index contributed by atoms with van der Waals surface area (Å²) < 4.78 is 6.22. The normalized spacial score (nSPS) is 20.3. The van der Waals surface area contributed by atoms with Gasteiger partial charge in [0.25, 0.3) is 0 Å². The van der Waals surface area contributed by atoms with Crippen molar-refractivity contribution in [2.45, 2.75) is 13.0 Å². The number of hydrogen-bond donors (Lipinski definition) is 0. The summed E-state index contributed by atoms with van der Waals surface area (Å²) in [6, 6.07) is 4.19. The second-order valence-electron chi connectivity index (χ2n) is 4.30. The molecular weight excluding hydrogens is 343 g/mol. The van der Waals surface area contributed by atoms with Crippen LogP contribution in [-0.2, 0) is 4.74 Å². The number of ether oxygens (including phenoxy) is 1. The third-order valence-corrected chi connectivity index (χ3v) is 3.53. The minimum Gasteiger partial charge on any atom is -0.377 e. The van der Waals surface area contributed by atoms with Gasteiger partial charge in [-0.25, -0.2) is 9.97 Å². The highest BCUT2D eigenvalue weighted by molar-refractivity contribution is 14.1. The monoisotopic (exact) mass is 356 g/mol. The van der Waals surface area contributed by atoms with Crippen molar-refractivity contribution in [1.82, 2.24) is 15.0 Å². The van der Waals surface area contributed by atoms with Crippen LogP contribution >= 0.6 is 22.6 Å². The zero-order valence-electron chi connectivity index (χ0n) is 10.0. The molecule has 94 valence electrons. The molecular formula is C12H13IN4O. The highest BCUT2D eigenvalue weighted by atomic mass is 127. The molecule has 3 heterocycles. The molecule has 3 rings (SSSR count). The zero-order chi connectivity index (χ0) is 12.5. The van der Waals surface area contributed by atoms with Crippen molar-refractivity contribution in [3.8, 4) is 0 Å². The summed E-state index contributed by atoms with van der Waals surface area (Å²) in [5.74, 6) is 0.917. The van der Waals surface area contributed by atoms with E-state index >= 15 is 0 Å². The molecule has 0 N–H and O–H groups in total. The van der Waals surface area contributed by atoms with Crippen LogP contribution in [0, 0.1) is 3.83 Å². The molecule has 0 bridgehead atoms. The van der Waals surface area contributed by atoms with E-state index in [9.17, 15) is 0 Å². The molecule has 2 aromatic rings. The summed E-state index contributed by atoms with van der Waals surface area (Å²) in [5.41, 5.74) is 1.76. The number of aromatic nitrogens is 3. The first-order valence-electron chi connectivity index (χ1n) is 5.88. The molecule has 0 aromatic carbocycles. The molecule has 1 fully saturated rings. The highest BCUT2D eigenvalue weighted by Gasteiger charge is 2.23. The predicted octanol–water partition coefficient (Wildman–Crippen LogP) is 1.85. The average Bonchev–Trinajstić information content (AvgIpc) is 2.38. The van der Waals surface area contributed by atoms with Gasteiger partial charge in [-0.2, -0.15) is 0 Å². The maximum Gasteiger partial charge on any atom is 0.193 e. The fourth-order valence-electron chi connectivity index (χ4n) is 2.17. The van der Waals surface area contributed by atoms with Crippen molar-refractivity contribution in [2.24, 2.45) is 0 Å². The largest absolute Gasteiger partial charge is 0.377 e. The number of halogens is 1. The predicted molar refractivity (Wildman–Crippen MR) is 77.7 cm³/mol. The molecule has 0 saturated carbocycles. The third kappa shape index (κ3) is 2.14. The third-order valence-electron chi connectivity index (χ3n) is 3.05. The molecule has 1 saturated heterocycles. The average molecular weight is 356 g/mol. The van der Waals surface area contributed by atoms with Gasteiger partial charge in [0.15, 0.2) is 9.65 Å². The number of morpholine rings is 1. The van der Waals surface area contributed by atoms with E-state index < -0.39 is 0 Å². The number of pyridine rings is 1. The van der Waals surface area contributed by atoms with E-state index in [1.807, 2.05) is 12.1 Å². The van der Waals surface area contributed by atoms with Gasteiger partial charge in [-0.3, -0.25) is 4.98 Å². The van der Waals surface area contributed by atoms with Gasteiger partial charge < -0.3 is 9.64 Å². The molecule has 5 nitrogen and oxygen atoms in total. The number of rotatable bonds is 1. The van der Waals surface area contributed by atoms with E-state index in [0.29, 0.717) is 6.04 Å². The first-order valence-corrected chi connectivity index (χ1v) is 6.96. The minimum absolute atomic E-state index is 0.314. The Kier molecular flexibility index (Phi) is 3.29. The summed E-state index contributed by atoms with van der Waals surface area (Å²) >= 11 is 2.15. The van der Waals surface area contributed by atoms with Crippen LogP contribution in [0.2, 0.25) is 0 Å². The minimum atomic E-state index is 0.314. The van der Waals surface area contributed by atoms with Crippen molar-refractivity contribution in [2.75, 3.05) is 24.7 Å². The SMILES string of the molecule is CC1COCCN1c1nc(I)nc2cccnc12. The van der Waals surface area contributed by atoms with Gasteiger partial charge in [0.2, 0.25) is 0 Å². The van der Waals surface area contributed by atoms with Gasteiger partial charge in [0.1, 0.15) is 5.52 Å². The Bertz CT molecular complexity index is 577. The Balaban J connectivity index is 2.15. The molecule has 2 aromatic heterocycles. The fourth-order valence-corrected chi connectivity index (χ4v) is 2.65. The van der Waals surface area contributed by atoms with Gasteiger partial charge in [-0.05, 0) is 19.1 Å². The Morgan fingerprint density at radius 1 is 1.44 bits per heavy atom. The first kappa shape index (κ1) is 12.0. The Hall–Kier alpha value is -1.02. The Morgan fingerprint density at radius 3 is 3.17 bits per heavy atom. The number of fused-ring (bicyclic) bond motifs is 1. The lowest BCUT2D eigenvalue weighted by atomic mass is 10.2. The molecule has 0 spiro atoms. The van der Waals surface area contributed by atoms with Crippen LogP contribution in [0.3, 0.4) is 0 Å². The van der Waals surface area contributed by atoms with Crippen LogP contribution in [0.15, 0.2) is 18.3 Å². The quantitative estimate of drug-likeness (QED) is 0.577. The molecule has 6 heteroatoms. The van der Waals surface area contributed by atoms with E-state index in [1.165, 1.54) is 0 Å². The van der Waals surface area contributed by atoms with Crippen LogP contribution in [-0.4, -0.2) is 40.8 Å². The number of nitrogens with zero attached hydrogens (tertiary/aromatic N) is 4. The Morgan fingerprint density at radius 2 is 2.33 bits per heavy atom. The van der Waals surface area contributed by atoms with Crippen molar-refractivity contribution < 1.29 is 4.74 Å². The summed E-state index contributed by atoms with van der Waals surface area (Å²) in [4.78, 5) is 15.6. The summed E-state index contributed by atoms with van der Waals surface area (Å²) in [7, 11) is 0. The zero-order valence-corrected chi connectivity index (χ0v) is 12.2. The molecule has 1 unspecified atom stereocenters. The van der Waals surface area contributed by atoms with Crippen LogP contribution in [0.4, 0.5) is 5.82 Å². The van der Waals surface area contributed by atoms with Gasteiger partial charge in [-0.1, -0.05) is 0 Å². The maximum atomic E-state index is 5.47. The summed E-state index contributed by atoms with van der Waals surface area (Å²) in [6.45, 7) is 4.46. The van der Waals surface area contributed by atoms with Gasteiger partial charge in [0, 0.05) is 35.3 Å². The second-order valence-corrected chi connectivity index (χ2v) is 5.27. The van der Waals surface area contributed by atoms with E-state index in [1.54, 1.807) is 6.20 Å². The van der Waals surface area contributed by atoms with Crippen LogP contribution in [0.25, 0.3) is 11.0 Å². The van der Waals surface area contributed by atoms with E-state index in [0.717, 1.165) is 40.4 Å². The highest BCUT2D eigenvalue weighted by Crippen LogP contribution is 2.25. The van der Waals surface area contributed by atoms with Crippen LogP contribution in [0.5, 0.6) is 0 Å². The molecule has 0 amide bonds. The standard InChI is InChI=1S/C12H13IN4O/c1-8-7-18-6-5-17(8)11-10-9(3-2-4-14-10)15-12(13)16-11/h2-4,8H,5-7H2,1H3. The van der Waals surface area contributed by atoms with Crippen molar-refractivity contribution in [3.63, 3.8) is 0 Å². The molecule has 0 radical (unpaired) electrons. The van der Waals surface area contributed by atoms with E-state index in [4.69, 9.17) is 4.74 Å². The van der Waals surface area contributed by atoms with Crippen LogP contribution in [0.1, 0.15) is 6.92 Å². The van der Waals surface area contributed by atoms with Crippen molar-refractivity contribution in [1.29, 1.82) is 0 Å².